The minimum Gasteiger partial charge on any atom is -0.298 e. The van der Waals surface area contributed by atoms with E-state index in [1.165, 1.54) is 9.58 Å². The van der Waals surface area contributed by atoms with E-state index in [-0.39, 0.29) is 18.1 Å². The number of amides is 1. The monoisotopic (exact) mass is 439 g/mol. The van der Waals surface area contributed by atoms with Crippen LogP contribution >= 0.6 is 0 Å². The molecule has 1 aliphatic rings. The molecule has 0 spiro atoms. The van der Waals surface area contributed by atoms with Crippen LogP contribution < -0.4 is 16.7 Å². The fraction of sp³-hybridized carbons (Fsp3) is 0.0435. The maximum Gasteiger partial charge on any atom is 0.329 e. The molecule has 3 aromatic heterocycles. The number of hydrogen-bond donors (Lipinski definition) is 2. The van der Waals surface area contributed by atoms with Crippen LogP contribution in [0.3, 0.4) is 0 Å². The minimum absolute atomic E-state index is 0.0932. The molecule has 2 N–H and O–H groups in total. The molecule has 0 saturated heterocycles. The number of fused-ring (bicyclic) bond motifs is 1. The summed E-state index contributed by atoms with van der Waals surface area (Å²) >= 11 is 0. The number of H-pyrrole nitrogens is 1. The van der Waals surface area contributed by atoms with Crippen molar-refractivity contribution >= 4 is 22.4 Å². The van der Waals surface area contributed by atoms with Gasteiger partial charge in [0.05, 0.1) is 23.1 Å². The second kappa shape index (κ2) is 8.35. The van der Waals surface area contributed by atoms with Gasteiger partial charge in [-0.2, -0.15) is 0 Å². The standard InChI is InChI=1S/C23H17N7O3/c31-21-17-6-1-2-8-19(17)29(23(33)28-21)14-16-5-3-7-18(27-16)22(32)30-12-9-15(13-26-30)20-24-10-4-11-25-20/h1-13,26H,14H2,(H,28,31,33). The number of aromatic amines is 1. The van der Waals surface area contributed by atoms with Gasteiger partial charge in [-0.05, 0) is 36.4 Å². The van der Waals surface area contributed by atoms with Gasteiger partial charge in [-0.3, -0.25) is 24.6 Å². The van der Waals surface area contributed by atoms with E-state index in [1.54, 1.807) is 79.4 Å². The van der Waals surface area contributed by atoms with E-state index in [4.69, 9.17) is 0 Å². The Bertz CT molecular complexity index is 1540. The number of nitrogens with zero attached hydrogens (tertiary/aromatic N) is 5. The number of para-hydroxylation sites is 1. The Hall–Kier alpha value is -4.86. The summed E-state index contributed by atoms with van der Waals surface area (Å²) in [5.74, 6) is 0.156. The lowest BCUT2D eigenvalue weighted by atomic mass is 10.2. The topological polar surface area (TPSA) is 126 Å². The summed E-state index contributed by atoms with van der Waals surface area (Å²) in [5, 5.41) is 1.69. The Morgan fingerprint density at radius 2 is 1.79 bits per heavy atom. The van der Waals surface area contributed by atoms with Gasteiger partial charge in [0.15, 0.2) is 5.82 Å². The molecule has 1 aliphatic heterocycles. The van der Waals surface area contributed by atoms with Gasteiger partial charge in [0.2, 0.25) is 0 Å². The first-order chi connectivity index (χ1) is 16.1. The number of hydrazine groups is 1. The predicted octanol–water partition coefficient (Wildman–Crippen LogP) is 1.44. The predicted molar refractivity (Wildman–Crippen MR) is 121 cm³/mol. The summed E-state index contributed by atoms with van der Waals surface area (Å²) in [6.07, 6.45) is 8.20. The van der Waals surface area contributed by atoms with Gasteiger partial charge < -0.3 is 0 Å². The summed E-state index contributed by atoms with van der Waals surface area (Å²) < 4.78 is 1.42. The summed E-state index contributed by atoms with van der Waals surface area (Å²) in [5.41, 5.74) is 3.82. The number of nitrogens with one attached hydrogen (secondary N) is 2. The summed E-state index contributed by atoms with van der Waals surface area (Å²) in [4.78, 5) is 52.6. The molecule has 0 atom stereocenters. The van der Waals surface area contributed by atoms with Crippen LogP contribution in [0.5, 0.6) is 0 Å². The molecule has 0 radical (unpaired) electrons. The zero-order valence-electron chi connectivity index (χ0n) is 17.2. The molecule has 4 aromatic rings. The molecular weight excluding hydrogens is 422 g/mol. The normalized spacial score (nSPS) is 13.0. The Kier molecular flexibility index (Phi) is 5.07. The fourth-order valence-electron chi connectivity index (χ4n) is 3.47. The maximum absolute atomic E-state index is 12.9. The second-order valence-electron chi connectivity index (χ2n) is 7.17. The highest BCUT2D eigenvalue weighted by Crippen LogP contribution is 2.15. The molecule has 5 rings (SSSR count). The van der Waals surface area contributed by atoms with Gasteiger partial charge in [-0.1, -0.05) is 18.2 Å². The van der Waals surface area contributed by atoms with E-state index in [0.29, 0.717) is 22.4 Å². The van der Waals surface area contributed by atoms with Crippen molar-refractivity contribution in [3.8, 4) is 0 Å². The van der Waals surface area contributed by atoms with Crippen LogP contribution in [-0.4, -0.2) is 35.4 Å². The molecule has 162 valence electrons. The number of carbonyl (C=O) groups excluding carboxylic acids is 1. The SMILES string of the molecule is O=C(c1cccc(Cn2c(=O)[nH]c(=O)c3ccccc32)n1)N1C=CC(c2ncccn2)=CN1. The molecule has 10 heteroatoms. The Morgan fingerprint density at radius 1 is 0.970 bits per heavy atom. The lowest BCUT2D eigenvalue weighted by Crippen LogP contribution is -2.37. The van der Waals surface area contributed by atoms with Crippen LogP contribution in [0.25, 0.3) is 16.5 Å². The number of rotatable bonds is 4. The molecule has 1 aromatic carbocycles. The van der Waals surface area contributed by atoms with E-state index >= 15 is 0 Å². The maximum atomic E-state index is 12.9. The highest BCUT2D eigenvalue weighted by molar-refractivity contribution is 5.93. The van der Waals surface area contributed by atoms with E-state index in [0.717, 1.165) is 5.57 Å². The van der Waals surface area contributed by atoms with Gasteiger partial charge in [-0.25, -0.2) is 24.8 Å². The first-order valence-electron chi connectivity index (χ1n) is 10.0. The van der Waals surface area contributed by atoms with Crippen LogP contribution in [0.1, 0.15) is 22.0 Å². The summed E-state index contributed by atoms with van der Waals surface area (Å²) in [6, 6.07) is 13.6. The number of allylic oxidation sites excluding steroid dienone is 2. The zero-order valence-corrected chi connectivity index (χ0v) is 17.2. The largest absolute Gasteiger partial charge is 0.329 e. The van der Waals surface area contributed by atoms with Gasteiger partial charge >= 0.3 is 5.69 Å². The van der Waals surface area contributed by atoms with Gasteiger partial charge in [0.1, 0.15) is 5.69 Å². The van der Waals surface area contributed by atoms with E-state index in [9.17, 15) is 14.4 Å². The van der Waals surface area contributed by atoms with Crippen molar-refractivity contribution in [3.05, 3.63) is 117 Å². The first kappa shape index (κ1) is 20.1. The van der Waals surface area contributed by atoms with E-state index < -0.39 is 11.2 Å². The summed E-state index contributed by atoms with van der Waals surface area (Å²) in [7, 11) is 0. The Balaban J connectivity index is 1.39. The van der Waals surface area contributed by atoms with Crippen LogP contribution in [0.15, 0.2) is 89.0 Å². The smallest absolute Gasteiger partial charge is 0.298 e. The molecule has 4 heterocycles. The Labute approximate surface area is 186 Å². The number of hydrogen-bond acceptors (Lipinski definition) is 7. The third-order valence-corrected chi connectivity index (χ3v) is 5.06. The lowest BCUT2D eigenvalue weighted by molar-refractivity contribution is 0.0774. The van der Waals surface area contributed by atoms with Gasteiger partial charge in [-0.15, -0.1) is 0 Å². The molecule has 0 unspecified atom stereocenters. The molecule has 0 saturated carbocycles. The molecule has 33 heavy (non-hydrogen) atoms. The average molecular weight is 439 g/mol. The third-order valence-electron chi connectivity index (χ3n) is 5.06. The van der Waals surface area contributed by atoms with Crippen LogP contribution in [0.2, 0.25) is 0 Å². The molecule has 0 bridgehead atoms. The zero-order chi connectivity index (χ0) is 22.8. The Morgan fingerprint density at radius 3 is 2.58 bits per heavy atom. The van der Waals surface area contributed by atoms with Crippen LogP contribution in [-0.2, 0) is 6.54 Å². The van der Waals surface area contributed by atoms with Gasteiger partial charge in [0, 0.05) is 30.4 Å². The number of aromatic nitrogens is 5. The molecular formula is C23H17N7O3. The van der Waals surface area contributed by atoms with Crippen LogP contribution in [0, 0.1) is 0 Å². The molecule has 1 amide bonds. The fourth-order valence-corrected chi connectivity index (χ4v) is 3.47. The first-order valence-corrected chi connectivity index (χ1v) is 10.0. The van der Waals surface area contributed by atoms with E-state index in [2.05, 4.69) is 25.4 Å². The van der Waals surface area contributed by atoms with Crippen molar-refractivity contribution in [2.24, 2.45) is 0 Å². The van der Waals surface area contributed by atoms with Crippen LogP contribution in [0.4, 0.5) is 0 Å². The lowest BCUT2D eigenvalue weighted by Gasteiger charge is -2.21. The molecule has 0 aliphatic carbocycles. The van der Waals surface area contributed by atoms with Crippen molar-refractivity contribution in [1.29, 1.82) is 0 Å². The molecule has 0 fully saturated rings. The van der Waals surface area contributed by atoms with Crippen molar-refractivity contribution < 1.29 is 4.79 Å². The number of carbonyl (C=O) groups is 1. The van der Waals surface area contributed by atoms with Crippen molar-refractivity contribution in [1.82, 2.24) is 34.9 Å². The molecule has 10 nitrogen and oxygen atoms in total. The highest BCUT2D eigenvalue weighted by atomic mass is 16.2. The van der Waals surface area contributed by atoms with Crippen molar-refractivity contribution in [2.45, 2.75) is 6.54 Å². The summed E-state index contributed by atoms with van der Waals surface area (Å²) in [6.45, 7) is 0.0932. The van der Waals surface area contributed by atoms with Crippen molar-refractivity contribution in [2.75, 3.05) is 0 Å². The second-order valence-corrected chi connectivity index (χ2v) is 7.17. The van der Waals surface area contributed by atoms with Crippen molar-refractivity contribution in [3.63, 3.8) is 0 Å². The van der Waals surface area contributed by atoms with Gasteiger partial charge in [0.25, 0.3) is 11.5 Å². The number of benzene rings is 1. The average Bonchev–Trinajstić information content (AvgIpc) is 2.87. The minimum atomic E-state index is -0.543. The quantitative estimate of drug-likeness (QED) is 0.493. The number of pyridine rings is 1. The third kappa shape index (κ3) is 3.92. The highest BCUT2D eigenvalue weighted by Gasteiger charge is 2.18. The van der Waals surface area contributed by atoms with E-state index in [1.807, 2.05) is 0 Å².